The molecule has 0 bridgehead atoms. The fourth-order valence-electron chi connectivity index (χ4n) is 1.66. The number of ketones is 1. The highest BCUT2D eigenvalue weighted by molar-refractivity contribution is 5.79. The molecular formula is C16H16O2. The third kappa shape index (κ3) is 3.20. The van der Waals surface area contributed by atoms with Crippen molar-refractivity contribution in [1.82, 2.24) is 0 Å². The zero-order valence-electron chi connectivity index (χ0n) is 10.4. The van der Waals surface area contributed by atoms with E-state index in [2.05, 4.69) is 12.1 Å². The molecule has 0 fully saturated rings. The van der Waals surface area contributed by atoms with E-state index in [1.807, 2.05) is 49.4 Å². The molecule has 0 unspecified atom stereocenters. The van der Waals surface area contributed by atoms with Crippen LogP contribution >= 0.6 is 0 Å². The summed E-state index contributed by atoms with van der Waals surface area (Å²) in [7, 11) is 0. The van der Waals surface area contributed by atoms with Gasteiger partial charge in [-0.1, -0.05) is 49.4 Å². The zero-order valence-corrected chi connectivity index (χ0v) is 10.4. The highest BCUT2D eigenvalue weighted by atomic mass is 16.5. The fraction of sp³-hybridized carbons (Fsp3) is 0.188. The summed E-state index contributed by atoms with van der Waals surface area (Å²) in [5.74, 6) is 0.846. The van der Waals surface area contributed by atoms with E-state index in [4.69, 9.17) is 4.74 Å². The van der Waals surface area contributed by atoms with Gasteiger partial charge in [-0.3, -0.25) is 4.79 Å². The number of ether oxygens (including phenoxy) is 1. The Kier molecular flexibility index (Phi) is 4.13. The van der Waals surface area contributed by atoms with Gasteiger partial charge < -0.3 is 4.74 Å². The van der Waals surface area contributed by atoms with Crippen molar-refractivity contribution in [2.75, 3.05) is 6.61 Å². The van der Waals surface area contributed by atoms with Crippen LogP contribution in [0.25, 0.3) is 11.1 Å². The first kappa shape index (κ1) is 12.4. The Morgan fingerprint density at radius 3 is 2.44 bits per heavy atom. The number of hydrogen-bond donors (Lipinski definition) is 0. The molecule has 92 valence electrons. The minimum Gasteiger partial charge on any atom is -0.486 e. The molecular weight excluding hydrogens is 224 g/mol. The summed E-state index contributed by atoms with van der Waals surface area (Å²) >= 11 is 0. The lowest BCUT2D eigenvalue weighted by Gasteiger charge is -2.07. The molecule has 0 aliphatic carbocycles. The van der Waals surface area contributed by atoms with Gasteiger partial charge in [0.1, 0.15) is 12.4 Å². The van der Waals surface area contributed by atoms with E-state index >= 15 is 0 Å². The van der Waals surface area contributed by atoms with E-state index in [9.17, 15) is 4.79 Å². The van der Waals surface area contributed by atoms with E-state index in [1.165, 1.54) is 0 Å². The smallest absolute Gasteiger partial charge is 0.169 e. The molecule has 2 heteroatoms. The van der Waals surface area contributed by atoms with Crippen LogP contribution in [0.2, 0.25) is 0 Å². The maximum atomic E-state index is 11.2. The Labute approximate surface area is 107 Å². The van der Waals surface area contributed by atoms with Gasteiger partial charge in [-0.15, -0.1) is 0 Å². The topological polar surface area (TPSA) is 26.3 Å². The molecule has 0 N–H and O–H groups in total. The third-order valence-electron chi connectivity index (χ3n) is 2.74. The van der Waals surface area contributed by atoms with Gasteiger partial charge in [0.05, 0.1) is 0 Å². The minimum atomic E-state index is 0.111. The Morgan fingerprint density at radius 2 is 1.72 bits per heavy atom. The van der Waals surface area contributed by atoms with E-state index in [0.717, 1.165) is 16.9 Å². The monoisotopic (exact) mass is 240 g/mol. The van der Waals surface area contributed by atoms with E-state index in [0.29, 0.717) is 6.42 Å². The molecule has 0 radical (unpaired) electrons. The summed E-state index contributed by atoms with van der Waals surface area (Å²) in [6.07, 6.45) is 0.512. The Bertz CT molecular complexity index is 518. The number of carbonyl (C=O) groups excluding carboxylic acids is 1. The SMILES string of the molecule is CCC(=O)COc1cccc(-c2ccccc2)c1. The first-order chi connectivity index (χ1) is 8.79. The second kappa shape index (κ2) is 6.01. The molecule has 0 spiro atoms. The molecule has 0 saturated heterocycles. The summed E-state index contributed by atoms with van der Waals surface area (Å²) in [5.41, 5.74) is 2.24. The quantitative estimate of drug-likeness (QED) is 0.796. The number of benzene rings is 2. The lowest BCUT2D eigenvalue weighted by Crippen LogP contribution is -2.09. The van der Waals surface area contributed by atoms with Crippen molar-refractivity contribution in [1.29, 1.82) is 0 Å². The molecule has 2 aromatic rings. The van der Waals surface area contributed by atoms with Crippen LogP contribution in [-0.2, 0) is 4.79 Å². The third-order valence-corrected chi connectivity index (χ3v) is 2.74. The predicted octanol–water partition coefficient (Wildman–Crippen LogP) is 3.71. The average molecular weight is 240 g/mol. The summed E-state index contributed by atoms with van der Waals surface area (Å²) in [6.45, 7) is 1.99. The number of hydrogen-bond acceptors (Lipinski definition) is 2. The summed E-state index contributed by atoms with van der Waals surface area (Å²) in [4.78, 5) is 11.2. The normalized spacial score (nSPS) is 10.1. The zero-order chi connectivity index (χ0) is 12.8. The number of carbonyl (C=O) groups is 1. The van der Waals surface area contributed by atoms with Gasteiger partial charge in [0, 0.05) is 6.42 Å². The maximum absolute atomic E-state index is 11.2. The molecule has 0 heterocycles. The lowest BCUT2D eigenvalue weighted by atomic mass is 10.1. The Hall–Kier alpha value is -2.09. The second-order valence-corrected chi connectivity index (χ2v) is 4.07. The van der Waals surface area contributed by atoms with Crippen LogP contribution in [-0.4, -0.2) is 12.4 Å². The largest absolute Gasteiger partial charge is 0.486 e. The van der Waals surface area contributed by atoms with Crippen molar-refractivity contribution >= 4 is 5.78 Å². The second-order valence-electron chi connectivity index (χ2n) is 4.07. The summed E-state index contributed by atoms with van der Waals surface area (Å²) in [6, 6.07) is 17.9. The first-order valence-corrected chi connectivity index (χ1v) is 6.09. The Morgan fingerprint density at radius 1 is 1.00 bits per heavy atom. The molecule has 0 saturated carbocycles. The lowest BCUT2D eigenvalue weighted by molar-refractivity contribution is -0.120. The summed E-state index contributed by atoms with van der Waals surface area (Å²) < 4.78 is 5.47. The maximum Gasteiger partial charge on any atom is 0.169 e. The molecule has 18 heavy (non-hydrogen) atoms. The van der Waals surface area contributed by atoms with Crippen molar-refractivity contribution in [3.8, 4) is 16.9 Å². The van der Waals surface area contributed by atoms with E-state index < -0.39 is 0 Å². The number of rotatable bonds is 5. The van der Waals surface area contributed by atoms with Crippen molar-refractivity contribution in [2.24, 2.45) is 0 Å². The number of Topliss-reactive ketones (excluding diaryl/α,β-unsaturated/α-hetero) is 1. The van der Waals surface area contributed by atoms with Crippen LogP contribution in [0.1, 0.15) is 13.3 Å². The van der Waals surface area contributed by atoms with Gasteiger partial charge in [0.25, 0.3) is 0 Å². The van der Waals surface area contributed by atoms with Crippen LogP contribution in [0.15, 0.2) is 54.6 Å². The predicted molar refractivity (Wildman–Crippen MR) is 72.7 cm³/mol. The molecule has 0 amide bonds. The van der Waals surface area contributed by atoms with Gasteiger partial charge in [-0.25, -0.2) is 0 Å². The van der Waals surface area contributed by atoms with Gasteiger partial charge in [0.2, 0.25) is 0 Å². The van der Waals surface area contributed by atoms with Crippen LogP contribution in [0.4, 0.5) is 0 Å². The van der Waals surface area contributed by atoms with E-state index in [-0.39, 0.29) is 12.4 Å². The molecule has 2 rings (SSSR count). The van der Waals surface area contributed by atoms with Crippen molar-refractivity contribution < 1.29 is 9.53 Å². The van der Waals surface area contributed by atoms with Gasteiger partial charge in [-0.2, -0.15) is 0 Å². The molecule has 0 aliphatic heterocycles. The standard InChI is InChI=1S/C16H16O2/c1-2-15(17)12-18-16-10-6-9-14(11-16)13-7-4-3-5-8-13/h3-11H,2,12H2,1H3. The van der Waals surface area contributed by atoms with E-state index in [1.54, 1.807) is 0 Å². The highest BCUT2D eigenvalue weighted by Gasteiger charge is 2.02. The molecule has 0 atom stereocenters. The Balaban J connectivity index is 2.13. The minimum absolute atomic E-state index is 0.111. The molecule has 0 aliphatic rings. The van der Waals surface area contributed by atoms with Crippen LogP contribution in [0.5, 0.6) is 5.75 Å². The summed E-state index contributed by atoms with van der Waals surface area (Å²) in [5, 5.41) is 0. The highest BCUT2D eigenvalue weighted by Crippen LogP contribution is 2.23. The molecule has 2 aromatic carbocycles. The van der Waals surface area contributed by atoms with Crippen LogP contribution in [0, 0.1) is 0 Å². The first-order valence-electron chi connectivity index (χ1n) is 6.09. The molecule has 0 aromatic heterocycles. The van der Waals surface area contributed by atoms with Crippen LogP contribution < -0.4 is 4.74 Å². The van der Waals surface area contributed by atoms with Crippen LogP contribution in [0.3, 0.4) is 0 Å². The van der Waals surface area contributed by atoms with Crippen molar-refractivity contribution in [3.05, 3.63) is 54.6 Å². The van der Waals surface area contributed by atoms with Gasteiger partial charge in [0.15, 0.2) is 5.78 Å². The molecule has 2 nitrogen and oxygen atoms in total. The van der Waals surface area contributed by atoms with Crippen molar-refractivity contribution in [3.63, 3.8) is 0 Å². The van der Waals surface area contributed by atoms with Gasteiger partial charge in [-0.05, 0) is 23.3 Å². The van der Waals surface area contributed by atoms with Crippen molar-refractivity contribution in [2.45, 2.75) is 13.3 Å². The average Bonchev–Trinajstić information content (AvgIpc) is 2.46. The van der Waals surface area contributed by atoms with Gasteiger partial charge >= 0.3 is 0 Å². The fourth-order valence-corrected chi connectivity index (χ4v) is 1.66.